The smallest absolute Gasteiger partial charge is 0.253 e. The van der Waals surface area contributed by atoms with Crippen molar-refractivity contribution in [3.8, 4) is 0 Å². The van der Waals surface area contributed by atoms with Gasteiger partial charge in [0.2, 0.25) is 0 Å². The summed E-state index contributed by atoms with van der Waals surface area (Å²) < 4.78 is 0. The average Bonchev–Trinajstić information content (AvgIpc) is 2.97. The summed E-state index contributed by atoms with van der Waals surface area (Å²) in [5.74, 6) is 0.580. The number of carbonyl (C=O) groups excluding carboxylic acids is 3. The van der Waals surface area contributed by atoms with Crippen LogP contribution in [0.4, 0.5) is 0 Å². The Morgan fingerprint density at radius 2 is 0.897 bits per heavy atom. The molecule has 1 aromatic rings. The average molecular weight is 538 g/mol. The van der Waals surface area contributed by atoms with Crippen molar-refractivity contribution in [3.63, 3.8) is 0 Å². The molecule has 0 spiro atoms. The van der Waals surface area contributed by atoms with Gasteiger partial charge in [-0.1, -0.05) is 84.6 Å². The van der Waals surface area contributed by atoms with E-state index in [1.807, 2.05) is 0 Å². The zero-order valence-corrected chi connectivity index (χ0v) is 24.5. The number of rotatable bonds is 9. The zero-order valence-electron chi connectivity index (χ0n) is 24.5. The molecule has 6 unspecified atom stereocenters. The highest BCUT2D eigenvalue weighted by atomic mass is 16.2. The molecule has 6 heteroatoms. The van der Waals surface area contributed by atoms with Crippen LogP contribution < -0.4 is 16.0 Å². The van der Waals surface area contributed by atoms with Crippen molar-refractivity contribution in [2.45, 2.75) is 135 Å². The lowest BCUT2D eigenvalue weighted by Gasteiger charge is -2.33. The van der Waals surface area contributed by atoms with E-state index in [0.717, 1.165) is 77.0 Å². The van der Waals surface area contributed by atoms with Gasteiger partial charge < -0.3 is 16.0 Å². The molecule has 0 bridgehead atoms. The lowest BCUT2D eigenvalue weighted by Crippen LogP contribution is -2.46. The quantitative estimate of drug-likeness (QED) is 0.324. The number of amides is 3. The van der Waals surface area contributed by atoms with E-state index in [2.05, 4.69) is 36.7 Å². The van der Waals surface area contributed by atoms with Crippen molar-refractivity contribution < 1.29 is 14.4 Å². The summed E-state index contributed by atoms with van der Waals surface area (Å²) in [7, 11) is 0. The highest BCUT2D eigenvalue weighted by Gasteiger charge is 2.33. The van der Waals surface area contributed by atoms with Gasteiger partial charge in [-0.25, -0.2) is 0 Å². The highest BCUT2D eigenvalue weighted by Crippen LogP contribution is 2.30. The van der Waals surface area contributed by atoms with E-state index in [9.17, 15) is 14.4 Å². The molecule has 3 saturated carbocycles. The van der Waals surface area contributed by atoms with Crippen molar-refractivity contribution in [2.75, 3.05) is 0 Å². The molecule has 1 aromatic carbocycles. The molecule has 0 aliphatic heterocycles. The van der Waals surface area contributed by atoms with Crippen LogP contribution in [0.5, 0.6) is 0 Å². The standard InChI is InChI=1S/C33H51N3O3/c1-4-22-14-7-10-19-27(22)34-31(37)25-17-13-18-26(32(38)35-28-20-11-8-15-23(28)5-2)30(25)33(39)36-29-21-12-9-16-24(29)6-3/h13,17-18,22-24,27-29H,4-12,14-16,19-21H2,1-3H3,(H,34,37)(H,35,38)(H,36,39). The van der Waals surface area contributed by atoms with Gasteiger partial charge in [-0.3, -0.25) is 14.4 Å². The summed E-state index contributed by atoms with van der Waals surface area (Å²) in [6, 6.07) is 5.50. The molecule has 3 aliphatic rings. The van der Waals surface area contributed by atoms with Crippen LogP contribution in [0.2, 0.25) is 0 Å². The first-order chi connectivity index (χ1) is 19.0. The van der Waals surface area contributed by atoms with Crippen LogP contribution in [-0.2, 0) is 0 Å². The van der Waals surface area contributed by atoms with Crippen molar-refractivity contribution in [3.05, 3.63) is 34.9 Å². The summed E-state index contributed by atoms with van der Waals surface area (Å²) in [4.78, 5) is 41.5. The van der Waals surface area contributed by atoms with Gasteiger partial charge in [-0.15, -0.1) is 0 Å². The van der Waals surface area contributed by atoms with Gasteiger partial charge >= 0.3 is 0 Å². The Bertz CT molecular complexity index is 936. The molecule has 6 atom stereocenters. The lowest BCUT2D eigenvalue weighted by molar-refractivity contribution is 0.0855. The van der Waals surface area contributed by atoms with E-state index >= 15 is 0 Å². The van der Waals surface area contributed by atoms with E-state index in [1.54, 1.807) is 18.2 Å². The summed E-state index contributed by atoms with van der Waals surface area (Å²) >= 11 is 0. The predicted molar refractivity (Wildman–Crippen MR) is 157 cm³/mol. The monoisotopic (exact) mass is 537 g/mol. The minimum Gasteiger partial charge on any atom is -0.349 e. The normalized spacial score (nSPS) is 29.3. The molecule has 216 valence electrons. The van der Waals surface area contributed by atoms with Gasteiger partial charge in [0.1, 0.15) is 0 Å². The van der Waals surface area contributed by atoms with Crippen molar-refractivity contribution in [1.29, 1.82) is 0 Å². The predicted octanol–water partition coefficient (Wildman–Crippen LogP) is 6.78. The van der Waals surface area contributed by atoms with Crippen LogP contribution in [0.15, 0.2) is 18.2 Å². The summed E-state index contributed by atoms with van der Waals surface area (Å²) in [6.45, 7) is 6.54. The van der Waals surface area contributed by atoms with Gasteiger partial charge in [-0.2, -0.15) is 0 Å². The van der Waals surface area contributed by atoms with E-state index in [1.165, 1.54) is 19.3 Å². The molecule has 0 radical (unpaired) electrons. The van der Waals surface area contributed by atoms with Gasteiger partial charge in [-0.05, 0) is 68.4 Å². The van der Waals surface area contributed by atoms with Crippen molar-refractivity contribution in [1.82, 2.24) is 16.0 Å². The Balaban J connectivity index is 1.63. The van der Waals surface area contributed by atoms with E-state index in [4.69, 9.17) is 0 Å². The minimum absolute atomic E-state index is 0.0777. The summed E-state index contributed by atoms with van der Waals surface area (Å²) in [6.07, 6.45) is 16.2. The number of hydrogen-bond donors (Lipinski definition) is 3. The van der Waals surface area contributed by atoms with Crippen LogP contribution in [0, 0.1) is 17.8 Å². The van der Waals surface area contributed by atoms with Gasteiger partial charge in [0.25, 0.3) is 17.7 Å². The fourth-order valence-electron chi connectivity index (χ4n) is 7.57. The second kappa shape index (κ2) is 14.3. The first-order valence-electron chi connectivity index (χ1n) is 16.0. The second-order valence-electron chi connectivity index (χ2n) is 12.3. The van der Waals surface area contributed by atoms with Crippen LogP contribution in [0.3, 0.4) is 0 Å². The Hall–Kier alpha value is -2.37. The lowest BCUT2D eigenvalue weighted by atomic mass is 9.82. The maximum Gasteiger partial charge on any atom is 0.253 e. The van der Waals surface area contributed by atoms with Crippen molar-refractivity contribution >= 4 is 17.7 Å². The fourth-order valence-corrected chi connectivity index (χ4v) is 7.57. The van der Waals surface area contributed by atoms with Crippen LogP contribution in [0.1, 0.15) is 148 Å². The maximum absolute atomic E-state index is 14.0. The SMILES string of the molecule is CCC1CCCCC1NC(=O)c1cccc(C(=O)NC2CCCCC2CC)c1C(=O)NC1CCCCC1CC. The third kappa shape index (κ3) is 7.24. The molecule has 0 saturated heterocycles. The topological polar surface area (TPSA) is 87.3 Å². The molecule has 0 aromatic heterocycles. The largest absolute Gasteiger partial charge is 0.349 e. The Morgan fingerprint density at radius 3 is 1.26 bits per heavy atom. The zero-order chi connectivity index (χ0) is 27.8. The van der Waals surface area contributed by atoms with E-state index in [-0.39, 0.29) is 41.4 Å². The molecular formula is C33H51N3O3. The number of carbonyl (C=O) groups is 3. The molecule has 3 amide bonds. The molecule has 3 aliphatic carbocycles. The first kappa shape index (κ1) is 29.6. The molecule has 6 nitrogen and oxygen atoms in total. The van der Waals surface area contributed by atoms with Gasteiger partial charge in [0.15, 0.2) is 0 Å². The van der Waals surface area contributed by atoms with Gasteiger partial charge in [0.05, 0.1) is 16.7 Å². The molecule has 39 heavy (non-hydrogen) atoms. The summed E-state index contributed by atoms with van der Waals surface area (Å²) in [5.41, 5.74) is 0.876. The van der Waals surface area contributed by atoms with Crippen LogP contribution in [0.25, 0.3) is 0 Å². The fraction of sp³-hybridized carbons (Fsp3) is 0.727. The van der Waals surface area contributed by atoms with Crippen LogP contribution >= 0.6 is 0 Å². The Kier molecular flexibility index (Phi) is 10.9. The van der Waals surface area contributed by atoms with Gasteiger partial charge in [0, 0.05) is 18.1 Å². The maximum atomic E-state index is 14.0. The highest BCUT2D eigenvalue weighted by molar-refractivity contribution is 6.14. The number of nitrogens with one attached hydrogen (secondary N) is 3. The Morgan fingerprint density at radius 1 is 0.564 bits per heavy atom. The Labute approximate surface area is 235 Å². The molecule has 3 N–H and O–H groups in total. The molecular weight excluding hydrogens is 486 g/mol. The first-order valence-corrected chi connectivity index (χ1v) is 16.0. The number of benzene rings is 1. The van der Waals surface area contributed by atoms with Crippen LogP contribution in [-0.4, -0.2) is 35.8 Å². The third-order valence-electron chi connectivity index (χ3n) is 10.0. The molecule has 3 fully saturated rings. The second-order valence-corrected chi connectivity index (χ2v) is 12.3. The van der Waals surface area contributed by atoms with E-state index in [0.29, 0.717) is 28.9 Å². The minimum atomic E-state index is -0.289. The third-order valence-corrected chi connectivity index (χ3v) is 10.0. The number of hydrogen-bond acceptors (Lipinski definition) is 3. The van der Waals surface area contributed by atoms with E-state index < -0.39 is 0 Å². The molecule has 0 heterocycles. The summed E-state index contributed by atoms with van der Waals surface area (Å²) in [5, 5.41) is 9.81. The van der Waals surface area contributed by atoms with Crippen molar-refractivity contribution in [2.24, 2.45) is 17.8 Å². The molecule has 4 rings (SSSR count).